The minimum atomic E-state index is -3.89. The lowest BCUT2D eigenvalue weighted by atomic mass is 9.89. The van der Waals surface area contributed by atoms with Gasteiger partial charge in [0.25, 0.3) is 5.91 Å². The lowest BCUT2D eigenvalue weighted by molar-refractivity contribution is -0.123. The minimum absolute atomic E-state index is 0.156. The van der Waals surface area contributed by atoms with Gasteiger partial charge in [-0.25, -0.2) is 8.42 Å². The molecule has 1 atom stereocenters. The standard InChI is InChI=1S/C28H30N2O7S/c1-34-21-7-9-23(10-8-21)38(32,33)30-13-11-19-16-26-25(35-2)17-24(19)28(30)20-5-3-6-22(15-20)36-14-4-12-29-27(31)18-37-26/h3,5-10,15-17,28H,4,11-14,18H2,1-2H3,(H,29,31). The van der Waals surface area contributed by atoms with E-state index in [-0.39, 0.29) is 24.0 Å². The second-order valence-electron chi connectivity index (χ2n) is 9.06. The monoisotopic (exact) mass is 538 g/mol. The number of nitrogens with one attached hydrogen (secondary N) is 1. The van der Waals surface area contributed by atoms with Crippen molar-refractivity contribution in [3.8, 4) is 23.0 Å². The highest BCUT2D eigenvalue weighted by molar-refractivity contribution is 7.89. The Hall–Kier alpha value is -3.76. The topological polar surface area (TPSA) is 103 Å². The minimum Gasteiger partial charge on any atom is -0.497 e. The van der Waals surface area contributed by atoms with Crippen LogP contribution in [0.25, 0.3) is 0 Å². The zero-order valence-corrected chi connectivity index (χ0v) is 22.1. The first-order chi connectivity index (χ1) is 18.4. The van der Waals surface area contributed by atoms with Gasteiger partial charge >= 0.3 is 0 Å². The van der Waals surface area contributed by atoms with Crippen molar-refractivity contribution in [1.82, 2.24) is 9.62 Å². The Bertz CT molecular complexity index is 1420. The van der Waals surface area contributed by atoms with Crippen molar-refractivity contribution >= 4 is 15.9 Å². The molecule has 10 heteroatoms. The first-order valence-electron chi connectivity index (χ1n) is 12.4. The maximum Gasteiger partial charge on any atom is 0.257 e. The molecule has 3 aliphatic heterocycles. The van der Waals surface area contributed by atoms with E-state index in [9.17, 15) is 13.2 Å². The molecule has 1 amide bonds. The number of rotatable bonds is 4. The summed E-state index contributed by atoms with van der Waals surface area (Å²) >= 11 is 0. The lowest BCUT2D eigenvalue weighted by Crippen LogP contribution is -2.40. The Morgan fingerprint density at radius 1 is 1.00 bits per heavy atom. The van der Waals surface area contributed by atoms with Crippen molar-refractivity contribution in [2.45, 2.75) is 23.8 Å². The molecule has 1 N–H and O–H groups in total. The molecule has 3 aromatic rings. The molecular weight excluding hydrogens is 508 g/mol. The van der Waals surface area contributed by atoms with Crippen molar-refractivity contribution in [2.24, 2.45) is 0 Å². The third-order valence-electron chi connectivity index (χ3n) is 6.72. The summed E-state index contributed by atoms with van der Waals surface area (Å²) < 4.78 is 52.1. The fourth-order valence-corrected chi connectivity index (χ4v) is 6.42. The van der Waals surface area contributed by atoms with Gasteiger partial charge < -0.3 is 24.3 Å². The number of carbonyl (C=O) groups excluding carboxylic acids is 1. The van der Waals surface area contributed by atoms with E-state index in [1.54, 1.807) is 24.3 Å². The maximum atomic E-state index is 14.0. The number of carbonyl (C=O) groups is 1. The first-order valence-corrected chi connectivity index (χ1v) is 13.8. The number of hydrogen-bond donors (Lipinski definition) is 1. The van der Waals surface area contributed by atoms with Gasteiger partial charge in [0.05, 0.1) is 31.8 Å². The van der Waals surface area contributed by atoms with E-state index in [2.05, 4.69) is 5.32 Å². The van der Waals surface area contributed by atoms with Crippen LogP contribution in [0.5, 0.6) is 23.0 Å². The molecule has 200 valence electrons. The molecule has 0 saturated heterocycles. The molecule has 3 heterocycles. The molecule has 0 fully saturated rings. The second-order valence-corrected chi connectivity index (χ2v) is 10.9. The third kappa shape index (κ3) is 5.14. The highest BCUT2D eigenvalue weighted by Crippen LogP contribution is 2.43. The Labute approximate surface area is 222 Å². The van der Waals surface area contributed by atoms with Crippen molar-refractivity contribution in [3.05, 3.63) is 77.4 Å². The lowest BCUT2D eigenvalue weighted by Gasteiger charge is -2.37. The Morgan fingerprint density at radius 3 is 2.58 bits per heavy atom. The maximum absolute atomic E-state index is 14.0. The van der Waals surface area contributed by atoms with Gasteiger partial charge in [-0.05, 0) is 78.1 Å². The molecule has 3 aromatic carbocycles. The summed E-state index contributed by atoms with van der Waals surface area (Å²) in [6.45, 7) is 0.940. The first kappa shape index (κ1) is 25.9. The van der Waals surface area contributed by atoms with Gasteiger partial charge in [-0.1, -0.05) is 12.1 Å². The van der Waals surface area contributed by atoms with E-state index in [0.29, 0.717) is 49.0 Å². The van der Waals surface area contributed by atoms with Gasteiger partial charge in [0.2, 0.25) is 10.0 Å². The van der Waals surface area contributed by atoms with Crippen molar-refractivity contribution in [1.29, 1.82) is 0 Å². The van der Waals surface area contributed by atoms with Crippen LogP contribution in [-0.2, 0) is 21.2 Å². The predicted molar refractivity (Wildman–Crippen MR) is 140 cm³/mol. The van der Waals surface area contributed by atoms with Crippen LogP contribution in [0.3, 0.4) is 0 Å². The summed E-state index contributed by atoms with van der Waals surface area (Å²) in [6, 6.07) is 16.9. The molecular formula is C28H30N2O7S. The summed E-state index contributed by atoms with van der Waals surface area (Å²) in [5.74, 6) is 1.82. The summed E-state index contributed by atoms with van der Waals surface area (Å²) in [4.78, 5) is 12.5. The number of ether oxygens (including phenoxy) is 4. The number of hydrogen-bond acceptors (Lipinski definition) is 7. The Morgan fingerprint density at radius 2 is 1.82 bits per heavy atom. The van der Waals surface area contributed by atoms with Gasteiger partial charge in [-0.3, -0.25) is 4.79 Å². The average Bonchev–Trinajstić information content (AvgIpc) is 2.94. The number of amides is 1. The van der Waals surface area contributed by atoms with Crippen LogP contribution in [0.2, 0.25) is 0 Å². The average molecular weight is 539 g/mol. The molecule has 0 saturated carbocycles. The van der Waals surface area contributed by atoms with Gasteiger partial charge in [-0.2, -0.15) is 4.31 Å². The van der Waals surface area contributed by atoms with E-state index in [4.69, 9.17) is 18.9 Å². The largest absolute Gasteiger partial charge is 0.497 e. The van der Waals surface area contributed by atoms with Crippen molar-refractivity contribution in [2.75, 3.05) is 40.5 Å². The van der Waals surface area contributed by atoms with E-state index >= 15 is 0 Å². The van der Waals surface area contributed by atoms with E-state index < -0.39 is 16.1 Å². The smallest absolute Gasteiger partial charge is 0.257 e. The summed E-state index contributed by atoms with van der Waals surface area (Å²) in [6.07, 6.45) is 1.07. The number of sulfonamides is 1. The zero-order valence-electron chi connectivity index (χ0n) is 21.3. The number of benzene rings is 3. The Kier molecular flexibility index (Phi) is 7.44. The van der Waals surface area contributed by atoms with Gasteiger partial charge in [0.1, 0.15) is 11.5 Å². The molecule has 9 nitrogen and oxygen atoms in total. The molecule has 0 aliphatic carbocycles. The summed E-state index contributed by atoms with van der Waals surface area (Å²) in [5.41, 5.74) is 2.48. The number of nitrogens with zero attached hydrogens (tertiary/aromatic N) is 1. The van der Waals surface area contributed by atoms with Crippen LogP contribution in [0, 0.1) is 0 Å². The summed E-state index contributed by atoms with van der Waals surface area (Å²) in [7, 11) is -0.829. The molecule has 1 unspecified atom stereocenters. The van der Waals surface area contributed by atoms with Gasteiger partial charge in [0, 0.05) is 13.1 Å². The highest BCUT2D eigenvalue weighted by atomic mass is 32.2. The normalized spacial score (nSPS) is 18.2. The fraction of sp³-hybridized carbons (Fsp3) is 0.321. The summed E-state index contributed by atoms with van der Waals surface area (Å²) in [5, 5.41) is 2.83. The molecule has 6 rings (SSSR count). The van der Waals surface area contributed by atoms with Crippen LogP contribution in [0.15, 0.2) is 65.6 Å². The van der Waals surface area contributed by atoms with Crippen molar-refractivity contribution in [3.63, 3.8) is 0 Å². The SMILES string of the molecule is COc1ccc(S(=O)(=O)N2CCc3cc4c(OC)cc3C2c2cccc(c2)OCCCNC(=O)CO4)cc1. The molecule has 38 heavy (non-hydrogen) atoms. The third-order valence-corrected chi connectivity index (χ3v) is 8.60. The van der Waals surface area contributed by atoms with Gasteiger partial charge in [0.15, 0.2) is 18.1 Å². The van der Waals surface area contributed by atoms with Gasteiger partial charge in [-0.15, -0.1) is 0 Å². The van der Waals surface area contributed by atoms with E-state index in [1.807, 2.05) is 36.4 Å². The molecule has 0 aromatic heterocycles. The number of fused-ring (bicyclic) bond motifs is 8. The predicted octanol–water partition coefficient (Wildman–Crippen LogP) is 3.32. The van der Waals surface area contributed by atoms with Crippen LogP contribution >= 0.6 is 0 Å². The second kappa shape index (κ2) is 10.9. The zero-order chi connectivity index (χ0) is 26.7. The van der Waals surface area contributed by atoms with E-state index in [0.717, 1.165) is 16.7 Å². The van der Waals surface area contributed by atoms with Crippen LogP contribution < -0.4 is 24.3 Å². The van der Waals surface area contributed by atoms with Crippen molar-refractivity contribution < 1.29 is 32.2 Å². The fourth-order valence-electron chi connectivity index (χ4n) is 4.82. The van der Waals surface area contributed by atoms with Crippen LogP contribution in [-0.4, -0.2) is 59.2 Å². The molecule has 0 radical (unpaired) electrons. The van der Waals surface area contributed by atoms with E-state index in [1.165, 1.54) is 18.5 Å². The molecule has 6 bridgehead atoms. The van der Waals surface area contributed by atoms with Crippen LogP contribution in [0.4, 0.5) is 0 Å². The number of methoxy groups -OCH3 is 2. The quantitative estimate of drug-likeness (QED) is 0.544. The molecule has 3 aliphatic rings. The Balaban J connectivity index is 1.65. The molecule has 0 spiro atoms. The van der Waals surface area contributed by atoms with Crippen LogP contribution in [0.1, 0.15) is 29.2 Å². The highest BCUT2D eigenvalue weighted by Gasteiger charge is 2.38.